The Morgan fingerprint density at radius 1 is 0.270 bits per heavy atom. The fraction of sp³-hybridized carbons (Fsp3) is 0.0164. The minimum atomic E-state index is -0.507. The van der Waals surface area contributed by atoms with E-state index < -0.39 is 5.41 Å². The first-order valence-corrected chi connectivity index (χ1v) is 22.7. The van der Waals surface area contributed by atoms with Crippen molar-refractivity contribution in [2.75, 3.05) is 0 Å². The Kier molecular flexibility index (Phi) is 9.20. The third-order valence-electron chi connectivity index (χ3n) is 13.3. The van der Waals surface area contributed by atoms with Gasteiger partial charge in [0.1, 0.15) is 0 Å². The summed E-state index contributed by atoms with van der Waals surface area (Å²) in [6.45, 7) is -0.218. The molecule has 0 saturated carbocycles. The van der Waals surface area contributed by atoms with Crippen molar-refractivity contribution in [3.05, 3.63) is 271 Å². The fourth-order valence-corrected chi connectivity index (χ4v) is 12.0. The van der Waals surface area contributed by atoms with Crippen molar-refractivity contribution >= 4 is 34.9 Å². The van der Waals surface area contributed by atoms with Crippen LogP contribution in [0.1, 0.15) is 22.3 Å². The lowest BCUT2D eigenvalue weighted by molar-refractivity contribution is 0.722. The fourth-order valence-electron chi connectivity index (χ4n) is 10.9. The summed E-state index contributed by atoms with van der Waals surface area (Å²) in [7, 11) is 0. The lowest BCUT2D eigenvalue weighted by Gasteiger charge is -2.39. The van der Waals surface area contributed by atoms with Gasteiger partial charge in [0.05, 0.1) is 5.41 Å². The molecule has 0 unspecified atom stereocenters. The third-order valence-corrected chi connectivity index (χ3v) is 14.5. The molecular weight excluding hydrogens is 776 g/mol. The van der Waals surface area contributed by atoms with E-state index in [1.165, 1.54) is 104 Å². The van der Waals surface area contributed by atoms with Gasteiger partial charge in [-0.1, -0.05) is 265 Å². The molecule has 12 rings (SSSR count). The molecule has 0 atom stereocenters. The van der Waals surface area contributed by atoms with E-state index in [9.17, 15) is 0 Å². The van der Waals surface area contributed by atoms with Gasteiger partial charge in [0.15, 0.2) is 0 Å². The van der Waals surface area contributed by atoms with Crippen molar-refractivity contribution in [3.8, 4) is 55.6 Å². The van der Waals surface area contributed by atoms with Gasteiger partial charge in [0.25, 0.3) is 0 Å². The predicted molar refractivity (Wildman–Crippen MR) is 267 cm³/mol. The monoisotopic (exact) mass is 816 g/mol. The molecule has 0 radical (unpaired) electrons. The highest BCUT2D eigenvalue weighted by Crippen LogP contribution is 2.61. The number of fused-ring (bicyclic) bond motifs is 9. The second-order valence-electron chi connectivity index (χ2n) is 16.6. The second-order valence-corrected chi connectivity index (χ2v) is 17.7. The van der Waals surface area contributed by atoms with Gasteiger partial charge in [-0.25, -0.2) is 0 Å². The summed E-state index contributed by atoms with van der Waals surface area (Å²) in [5.74, 6) is 0. The summed E-state index contributed by atoms with van der Waals surface area (Å²) in [5, 5.41) is 0. The molecule has 0 amide bonds. The molecule has 1 heterocycles. The Hall–Kier alpha value is -7.39. The molecule has 63 heavy (non-hydrogen) atoms. The smallest absolute Gasteiger partial charge is 0.0894 e. The first-order chi connectivity index (χ1) is 31.3. The van der Waals surface area contributed by atoms with Crippen LogP contribution in [-0.4, -0.2) is 6.71 Å². The predicted octanol–water partition coefficient (Wildman–Crippen LogP) is 13.7. The number of benzene rings is 10. The zero-order valence-corrected chi connectivity index (χ0v) is 35.5. The van der Waals surface area contributed by atoms with Crippen molar-refractivity contribution in [2.45, 2.75) is 15.2 Å². The zero-order valence-electron chi connectivity index (χ0n) is 34.7. The van der Waals surface area contributed by atoms with Gasteiger partial charge in [-0.2, -0.15) is 0 Å². The molecule has 0 saturated heterocycles. The van der Waals surface area contributed by atoms with Gasteiger partial charge in [0.2, 0.25) is 6.71 Å². The standard InChI is InChI=1S/C61H41BS/c1-5-22-42(23-6-1)46-31-19-32-47(43-24-7-2-8-25-43)59(46)62(60-48(44-26-9-3-10-27-44)33-20-34-49(60)45-28-11-4-12-29-45)55-39-21-38-54-58(55)50-30-13-14-35-51(50)61(54)52-36-15-17-40-56(52)63-57-41-18-16-37-53(57)61/h1-41H. The Bertz CT molecular complexity index is 3020. The average Bonchev–Trinajstić information content (AvgIpc) is 3.66. The van der Waals surface area contributed by atoms with Gasteiger partial charge in [-0.3, -0.25) is 0 Å². The Morgan fingerprint density at radius 3 is 1.05 bits per heavy atom. The van der Waals surface area contributed by atoms with Crippen LogP contribution in [0.5, 0.6) is 0 Å². The highest BCUT2D eigenvalue weighted by molar-refractivity contribution is 7.99. The topological polar surface area (TPSA) is 0 Å². The molecule has 10 aromatic carbocycles. The van der Waals surface area contributed by atoms with E-state index in [4.69, 9.17) is 0 Å². The summed E-state index contributed by atoms with van der Waals surface area (Å²) in [5.41, 5.74) is 21.1. The molecule has 294 valence electrons. The van der Waals surface area contributed by atoms with Crippen molar-refractivity contribution in [1.82, 2.24) is 0 Å². The van der Waals surface area contributed by atoms with Crippen molar-refractivity contribution < 1.29 is 0 Å². The summed E-state index contributed by atoms with van der Waals surface area (Å²) in [6, 6.07) is 92.7. The van der Waals surface area contributed by atoms with Gasteiger partial charge >= 0.3 is 0 Å². The van der Waals surface area contributed by atoms with E-state index in [0.29, 0.717) is 0 Å². The average molecular weight is 817 g/mol. The molecule has 2 heteroatoms. The van der Waals surface area contributed by atoms with Crippen LogP contribution < -0.4 is 16.4 Å². The quantitative estimate of drug-likeness (QED) is 0.144. The van der Waals surface area contributed by atoms with Crippen LogP contribution in [0.3, 0.4) is 0 Å². The largest absolute Gasteiger partial charge is 0.245 e. The molecule has 1 aliphatic heterocycles. The Morgan fingerprint density at radius 2 is 0.603 bits per heavy atom. The number of rotatable bonds is 7. The van der Waals surface area contributed by atoms with Crippen molar-refractivity contribution in [1.29, 1.82) is 0 Å². The number of hydrogen-bond acceptors (Lipinski definition) is 1. The lowest BCUT2D eigenvalue weighted by atomic mass is 9.32. The molecule has 0 aromatic heterocycles. The maximum atomic E-state index is 2.45. The Balaban J connectivity index is 1.28. The second kappa shape index (κ2) is 15.5. The van der Waals surface area contributed by atoms with Crippen LogP contribution in [-0.2, 0) is 5.41 Å². The van der Waals surface area contributed by atoms with Crippen LogP contribution in [0.4, 0.5) is 0 Å². The zero-order chi connectivity index (χ0) is 41.7. The molecule has 0 N–H and O–H groups in total. The first-order valence-electron chi connectivity index (χ1n) is 21.9. The summed E-state index contributed by atoms with van der Waals surface area (Å²) >= 11 is 1.90. The van der Waals surface area contributed by atoms with Gasteiger partial charge in [-0.05, 0) is 90.0 Å². The molecule has 2 aliphatic rings. The van der Waals surface area contributed by atoms with E-state index in [1.807, 2.05) is 11.8 Å². The van der Waals surface area contributed by atoms with Gasteiger partial charge in [0, 0.05) is 9.79 Å². The molecule has 1 spiro atoms. The molecular formula is C61H41BS. The summed E-state index contributed by atoms with van der Waals surface area (Å²) in [6.07, 6.45) is 0. The lowest BCUT2D eigenvalue weighted by Crippen LogP contribution is -2.55. The minimum absolute atomic E-state index is 0.218. The van der Waals surface area contributed by atoms with Crippen LogP contribution in [0, 0.1) is 0 Å². The maximum absolute atomic E-state index is 2.45. The minimum Gasteiger partial charge on any atom is -0.0894 e. The highest BCUT2D eigenvalue weighted by Gasteiger charge is 2.51. The van der Waals surface area contributed by atoms with Gasteiger partial charge < -0.3 is 0 Å². The van der Waals surface area contributed by atoms with E-state index in [2.05, 4.69) is 249 Å². The molecule has 10 aromatic rings. The third kappa shape index (κ3) is 5.93. The summed E-state index contributed by atoms with van der Waals surface area (Å²) in [4.78, 5) is 2.62. The van der Waals surface area contributed by atoms with Crippen LogP contribution in [0.25, 0.3) is 55.6 Å². The van der Waals surface area contributed by atoms with Crippen LogP contribution in [0.15, 0.2) is 259 Å². The van der Waals surface area contributed by atoms with Gasteiger partial charge in [-0.15, -0.1) is 0 Å². The highest BCUT2D eigenvalue weighted by atomic mass is 32.2. The molecule has 0 fully saturated rings. The van der Waals surface area contributed by atoms with E-state index in [0.717, 1.165) is 0 Å². The molecule has 1 aliphatic carbocycles. The molecule has 0 nitrogen and oxygen atoms in total. The maximum Gasteiger partial charge on any atom is 0.245 e. The number of hydrogen-bond donors (Lipinski definition) is 0. The van der Waals surface area contributed by atoms with E-state index >= 15 is 0 Å². The molecule has 0 bridgehead atoms. The van der Waals surface area contributed by atoms with Crippen molar-refractivity contribution in [3.63, 3.8) is 0 Å². The van der Waals surface area contributed by atoms with E-state index in [-0.39, 0.29) is 6.71 Å². The summed E-state index contributed by atoms with van der Waals surface area (Å²) < 4.78 is 0. The van der Waals surface area contributed by atoms with Crippen LogP contribution in [0.2, 0.25) is 0 Å². The normalized spacial score (nSPS) is 12.8. The van der Waals surface area contributed by atoms with Crippen LogP contribution >= 0.6 is 11.8 Å². The van der Waals surface area contributed by atoms with E-state index in [1.54, 1.807) is 0 Å². The first kappa shape index (κ1) is 37.4. The SMILES string of the molecule is c1ccc(-c2cccc(-c3ccccc3)c2B(c2cccc3c2-c2ccccc2C32c3ccccc3Sc3ccccc32)c2c(-c3ccccc3)cccc2-c2ccccc2)cc1. The Labute approximate surface area is 374 Å². The van der Waals surface area contributed by atoms with Crippen molar-refractivity contribution in [2.24, 2.45) is 0 Å².